The predicted octanol–water partition coefficient (Wildman–Crippen LogP) is 2.84. The van der Waals surface area contributed by atoms with Gasteiger partial charge < -0.3 is 10.1 Å². The van der Waals surface area contributed by atoms with Crippen LogP contribution < -0.4 is 10.1 Å². The molecule has 108 valence electrons. The molecule has 0 saturated heterocycles. The van der Waals surface area contributed by atoms with Crippen LogP contribution >= 0.6 is 0 Å². The Balaban J connectivity index is 2.08. The molecule has 4 heteroatoms. The summed E-state index contributed by atoms with van der Waals surface area (Å²) in [7, 11) is 1.92. The first-order valence-corrected chi connectivity index (χ1v) is 7.07. The minimum atomic E-state index is 0.538. The molecule has 0 aliphatic carbocycles. The number of aromatic nitrogens is 2. The molecule has 0 amide bonds. The van der Waals surface area contributed by atoms with Gasteiger partial charge in [-0.1, -0.05) is 44.2 Å². The Morgan fingerprint density at radius 3 is 2.65 bits per heavy atom. The zero-order chi connectivity index (χ0) is 14.4. The fourth-order valence-electron chi connectivity index (χ4n) is 2.04. The molecule has 1 aromatic heterocycles. The molecule has 0 aliphatic rings. The molecule has 0 spiro atoms. The summed E-state index contributed by atoms with van der Waals surface area (Å²) >= 11 is 0. The van der Waals surface area contributed by atoms with Crippen LogP contribution in [-0.2, 0) is 19.7 Å². The van der Waals surface area contributed by atoms with Gasteiger partial charge >= 0.3 is 0 Å². The summed E-state index contributed by atoms with van der Waals surface area (Å²) in [6, 6.07) is 12.2. The fourth-order valence-corrected chi connectivity index (χ4v) is 2.04. The van der Waals surface area contributed by atoms with E-state index in [4.69, 9.17) is 4.74 Å². The number of nitrogens with zero attached hydrogens (tertiary/aromatic N) is 2. The SMILES string of the molecule is CNCc1cc(OCc2ccccc2)n(CC(C)C)n1. The number of hydrogen-bond acceptors (Lipinski definition) is 3. The van der Waals surface area contributed by atoms with Crippen LogP contribution in [0.5, 0.6) is 5.88 Å². The van der Waals surface area contributed by atoms with Crippen LogP contribution in [0.2, 0.25) is 0 Å². The van der Waals surface area contributed by atoms with Crippen LogP contribution in [0.3, 0.4) is 0 Å². The van der Waals surface area contributed by atoms with Gasteiger partial charge in [0, 0.05) is 19.2 Å². The molecule has 2 aromatic rings. The Bertz CT molecular complexity index is 520. The van der Waals surface area contributed by atoms with Crippen molar-refractivity contribution in [3.05, 3.63) is 47.7 Å². The van der Waals surface area contributed by atoms with Gasteiger partial charge in [0.05, 0.1) is 5.69 Å². The van der Waals surface area contributed by atoms with Crippen LogP contribution in [0.15, 0.2) is 36.4 Å². The van der Waals surface area contributed by atoms with Crippen LogP contribution in [0.25, 0.3) is 0 Å². The number of hydrogen-bond donors (Lipinski definition) is 1. The van der Waals surface area contributed by atoms with Gasteiger partial charge in [-0.3, -0.25) is 0 Å². The van der Waals surface area contributed by atoms with E-state index in [1.54, 1.807) is 0 Å². The second-order valence-corrected chi connectivity index (χ2v) is 5.35. The third-order valence-corrected chi connectivity index (χ3v) is 2.92. The molecule has 0 saturated carbocycles. The third kappa shape index (κ3) is 4.10. The Morgan fingerprint density at radius 1 is 1.25 bits per heavy atom. The Labute approximate surface area is 120 Å². The van der Waals surface area contributed by atoms with Gasteiger partial charge in [-0.25, -0.2) is 4.68 Å². The van der Waals surface area contributed by atoms with Gasteiger partial charge in [0.25, 0.3) is 0 Å². The Hall–Kier alpha value is -1.81. The van der Waals surface area contributed by atoms with Crippen molar-refractivity contribution in [1.82, 2.24) is 15.1 Å². The topological polar surface area (TPSA) is 39.1 Å². The fraction of sp³-hybridized carbons (Fsp3) is 0.438. The van der Waals surface area contributed by atoms with Gasteiger partial charge in [0.1, 0.15) is 6.61 Å². The van der Waals surface area contributed by atoms with Gasteiger partial charge in [0.15, 0.2) is 0 Å². The number of rotatable bonds is 7. The lowest BCUT2D eigenvalue weighted by Crippen LogP contribution is -2.10. The molecule has 0 radical (unpaired) electrons. The Morgan fingerprint density at radius 2 is 2.00 bits per heavy atom. The van der Waals surface area contributed by atoms with Crippen molar-refractivity contribution in [1.29, 1.82) is 0 Å². The predicted molar refractivity (Wildman–Crippen MR) is 80.6 cm³/mol. The maximum atomic E-state index is 5.92. The number of benzene rings is 1. The smallest absolute Gasteiger partial charge is 0.212 e. The van der Waals surface area contributed by atoms with E-state index >= 15 is 0 Å². The van der Waals surface area contributed by atoms with E-state index in [0.29, 0.717) is 12.5 Å². The Kier molecular flexibility index (Phi) is 5.18. The summed E-state index contributed by atoms with van der Waals surface area (Å²) in [5, 5.41) is 7.70. The van der Waals surface area contributed by atoms with Crippen molar-refractivity contribution in [3.63, 3.8) is 0 Å². The van der Waals surface area contributed by atoms with Gasteiger partial charge in [-0.05, 0) is 18.5 Å². The second-order valence-electron chi connectivity index (χ2n) is 5.35. The lowest BCUT2D eigenvalue weighted by molar-refractivity contribution is 0.265. The average Bonchev–Trinajstić information content (AvgIpc) is 2.79. The summed E-state index contributed by atoms with van der Waals surface area (Å²) in [6.07, 6.45) is 0. The zero-order valence-corrected chi connectivity index (χ0v) is 12.5. The molecule has 4 nitrogen and oxygen atoms in total. The lowest BCUT2D eigenvalue weighted by atomic mass is 10.2. The van der Waals surface area contributed by atoms with Crippen molar-refractivity contribution in [2.24, 2.45) is 5.92 Å². The summed E-state index contributed by atoms with van der Waals surface area (Å²) in [4.78, 5) is 0. The standard InChI is InChI=1S/C16H23N3O/c1-13(2)11-19-16(9-15(18-19)10-17-3)20-12-14-7-5-4-6-8-14/h4-9,13,17H,10-12H2,1-3H3. The maximum Gasteiger partial charge on any atom is 0.212 e. The molecule has 20 heavy (non-hydrogen) atoms. The molecular formula is C16H23N3O. The third-order valence-electron chi connectivity index (χ3n) is 2.92. The molecule has 1 aromatic carbocycles. The first-order valence-electron chi connectivity index (χ1n) is 7.07. The van der Waals surface area contributed by atoms with Crippen LogP contribution in [-0.4, -0.2) is 16.8 Å². The largest absolute Gasteiger partial charge is 0.473 e. The highest BCUT2D eigenvalue weighted by molar-refractivity contribution is 5.18. The normalized spacial score (nSPS) is 11.0. The molecular weight excluding hydrogens is 250 g/mol. The molecule has 1 N–H and O–H groups in total. The summed E-state index contributed by atoms with van der Waals surface area (Å²) in [5.74, 6) is 1.38. The molecule has 0 unspecified atom stereocenters. The van der Waals surface area contributed by atoms with Crippen molar-refractivity contribution >= 4 is 0 Å². The van der Waals surface area contributed by atoms with E-state index in [-0.39, 0.29) is 0 Å². The maximum absolute atomic E-state index is 5.92. The van der Waals surface area contributed by atoms with Gasteiger partial charge in [0.2, 0.25) is 5.88 Å². The molecule has 1 heterocycles. The minimum absolute atomic E-state index is 0.538. The van der Waals surface area contributed by atoms with Crippen molar-refractivity contribution in [3.8, 4) is 5.88 Å². The van der Waals surface area contributed by atoms with Crippen LogP contribution in [0.4, 0.5) is 0 Å². The highest BCUT2D eigenvalue weighted by atomic mass is 16.5. The monoisotopic (exact) mass is 273 g/mol. The molecule has 0 fully saturated rings. The minimum Gasteiger partial charge on any atom is -0.473 e. The van der Waals surface area contributed by atoms with Crippen LogP contribution in [0.1, 0.15) is 25.1 Å². The number of ether oxygens (including phenoxy) is 1. The quantitative estimate of drug-likeness (QED) is 0.843. The summed E-state index contributed by atoms with van der Waals surface area (Å²) < 4.78 is 7.88. The van der Waals surface area contributed by atoms with E-state index in [0.717, 1.165) is 24.7 Å². The van der Waals surface area contributed by atoms with Gasteiger partial charge in [-0.15, -0.1) is 0 Å². The molecule has 0 bridgehead atoms. The van der Waals surface area contributed by atoms with Crippen LogP contribution in [0, 0.1) is 5.92 Å². The van der Waals surface area contributed by atoms with Gasteiger partial charge in [-0.2, -0.15) is 5.10 Å². The highest BCUT2D eigenvalue weighted by Crippen LogP contribution is 2.17. The molecule has 0 aliphatic heterocycles. The molecule has 2 rings (SSSR count). The lowest BCUT2D eigenvalue weighted by Gasteiger charge is -2.11. The first-order chi connectivity index (χ1) is 9.69. The highest BCUT2D eigenvalue weighted by Gasteiger charge is 2.10. The number of nitrogens with one attached hydrogen (secondary N) is 1. The van der Waals surface area contributed by atoms with E-state index in [2.05, 4.69) is 36.4 Å². The summed E-state index contributed by atoms with van der Waals surface area (Å²) in [6.45, 7) is 6.56. The average molecular weight is 273 g/mol. The zero-order valence-electron chi connectivity index (χ0n) is 12.5. The summed E-state index contributed by atoms with van der Waals surface area (Å²) in [5.41, 5.74) is 2.18. The van der Waals surface area contributed by atoms with Crippen molar-refractivity contribution < 1.29 is 4.74 Å². The molecule has 0 atom stereocenters. The van der Waals surface area contributed by atoms with Crippen molar-refractivity contribution in [2.75, 3.05) is 7.05 Å². The first kappa shape index (κ1) is 14.6. The van der Waals surface area contributed by atoms with E-state index < -0.39 is 0 Å². The van der Waals surface area contributed by atoms with E-state index in [1.807, 2.05) is 36.0 Å². The van der Waals surface area contributed by atoms with E-state index in [1.165, 1.54) is 5.56 Å². The van der Waals surface area contributed by atoms with Crippen molar-refractivity contribution in [2.45, 2.75) is 33.5 Å². The second kappa shape index (κ2) is 7.10. The van der Waals surface area contributed by atoms with E-state index in [9.17, 15) is 0 Å².